The number of halogens is 1. The molecule has 2 rings (SSSR count). The molecule has 1 N–H and O–H groups in total. The summed E-state index contributed by atoms with van der Waals surface area (Å²) in [6.07, 6.45) is 5.97. The lowest BCUT2D eigenvalue weighted by atomic mass is 10.00. The maximum absolute atomic E-state index is 9.05. The topological polar surface area (TPSA) is 49.2 Å². The Labute approximate surface area is 100 Å². The van der Waals surface area contributed by atoms with Crippen molar-refractivity contribution in [1.82, 2.24) is 9.97 Å². The molecule has 4 nitrogen and oxygen atoms in total. The molecule has 1 atom stereocenters. The van der Waals surface area contributed by atoms with Gasteiger partial charge in [-0.15, -0.1) is 0 Å². The minimum absolute atomic E-state index is 0.222. The van der Waals surface area contributed by atoms with Gasteiger partial charge in [0.1, 0.15) is 5.82 Å². The molecule has 1 saturated heterocycles. The zero-order chi connectivity index (χ0) is 11.4. The first kappa shape index (κ1) is 11.6. The second-order valence-electron chi connectivity index (χ2n) is 4.04. The zero-order valence-corrected chi connectivity index (χ0v) is 9.90. The summed E-state index contributed by atoms with van der Waals surface area (Å²) in [5.41, 5.74) is 0. The van der Waals surface area contributed by atoms with E-state index in [-0.39, 0.29) is 11.9 Å². The highest BCUT2D eigenvalue weighted by Gasteiger charge is 2.23. The molecule has 16 heavy (non-hydrogen) atoms. The molecular formula is C11H16ClN3O. The molecule has 0 aliphatic carbocycles. The summed E-state index contributed by atoms with van der Waals surface area (Å²) in [5, 5.41) is 9.34. The summed E-state index contributed by atoms with van der Waals surface area (Å²) >= 11 is 5.79. The highest BCUT2D eigenvalue weighted by Crippen LogP contribution is 2.25. The van der Waals surface area contributed by atoms with Crippen molar-refractivity contribution in [1.29, 1.82) is 0 Å². The second-order valence-corrected chi connectivity index (χ2v) is 4.38. The first-order chi connectivity index (χ1) is 7.81. The van der Waals surface area contributed by atoms with Crippen LogP contribution in [-0.4, -0.2) is 34.3 Å². The van der Waals surface area contributed by atoms with Crippen LogP contribution in [-0.2, 0) is 0 Å². The number of hydrogen-bond donors (Lipinski definition) is 1. The first-order valence-corrected chi connectivity index (χ1v) is 6.05. The molecule has 5 heteroatoms. The van der Waals surface area contributed by atoms with Crippen LogP contribution in [0.3, 0.4) is 0 Å². The molecule has 0 aromatic carbocycles. The molecule has 1 aromatic rings. The van der Waals surface area contributed by atoms with Gasteiger partial charge in [-0.2, -0.15) is 0 Å². The number of aliphatic hydroxyl groups excluding tert-OH is 1. The van der Waals surface area contributed by atoms with Crippen LogP contribution in [0.15, 0.2) is 12.3 Å². The van der Waals surface area contributed by atoms with Gasteiger partial charge in [0.15, 0.2) is 0 Å². The summed E-state index contributed by atoms with van der Waals surface area (Å²) in [4.78, 5) is 10.3. The number of hydrogen-bond acceptors (Lipinski definition) is 4. The van der Waals surface area contributed by atoms with E-state index in [1.54, 1.807) is 6.20 Å². The zero-order valence-electron chi connectivity index (χ0n) is 9.14. The Bertz CT molecular complexity index is 346. The van der Waals surface area contributed by atoms with Crippen LogP contribution in [0.1, 0.15) is 25.7 Å². The van der Waals surface area contributed by atoms with Gasteiger partial charge < -0.3 is 10.0 Å². The van der Waals surface area contributed by atoms with Crippen LogP contribution in [0.5, 0.6) is 0 Å². The Morgan fingerprint density at radius 1 is 1.50 bits per heavy atom. The summed E-state index contributed by atoms with van der Waals surface area (Å²) in [6.45, 7) is 1.21. The van der Waals surface area contributed by atoms with Crippen LogP contribution < -0.4 is 4.90 Å². The molecule has 0 bridgehead atoms. The summed E-state index contributed by atoms with van der Waals surface area (Å²) in [6, 6.07) is 2.26. The van der Waals surface area contributed by atoms with E-state index in [1.807, 2.05) is 6.07 Å². The Morgan fingerprint density at radius 2 is 2.38 bits per heavy atom. The summed E-state index contributed by atoms with van der Waals surface area (Å²) < 4.78 is 0. The molecule has 88 valence electrons. The SMILES string of the molecule is OCCC1CCCCN1c1ccnc(Cl)n1. The van der Waals surface area contributed by atoms with Crippen molar-refractivity contribution in [3.63, 3.8) is 0 Å². The molecular weight excluding hydrogens is 226 g/mol. The Hall–Kier alpha value is -0.870. The Balaban J connectivity index is 2.16. The largest absolute Gasteiger partial charge is 0.396 e. The first-order valence-electron chi connectivity index (χ1n) is 5.67. The van der Waals surface area contributed by atoms with Gasteiger partial charge in [0.05, 0.1) is 0 Å². The summed E-state index contributed by atoms with van der Waals surface area (Å²) in [7, 11) is 0. The maximum atomic E-state index is 9.05. The van der Waals surface area contributed by atoms with Crippen LogP contribution >= 0.6 is 11.6 Å². The van der Waals surface area contributed by atoms with Crippen molar-refractivity contribution in [3.05, 3.63) is 17.5 Å². The van der Waals surface area contributed by atoms with Crippen LogP contribution in [0.2, 0.25) is 5.28 Å². The van der Waals surface area contributed by atoms with E-state index in [1.165, 1.54) is 12.8 Å². The van der Waals surface area contributed by atoms with Crippen molar-refractivity contribution in [2.45, 2.75) is 31.7 Å². The highest BCUT2D eigenvalue weighted by molar-refractivity contribution is 6.28. The quantitative estimate of drug-likeness (QED) is 0.821. The minimum Gasteiger partial charge on any atom is -0.396 e. The van der Waals surface area contributed by atoms with E-state index in [4.69, 9.17) is 16.7 Å². The molecule has 0 saturated carbocycles. The van der Waals surface area contributed by atoms with Crippen LogP contribution in [0.4, 0.5) is 5.82 Å². The third-order valence-corrected chi connectivity index (χ3v) is 3.18. The maximum Gasteiger partial charge on any atom is 0.224 e. The van der Waals surface area contributed by atoms with Gasteiger partial charge >= 0.3 is 0 Å². The van der Waals surface area contributed by atoms with Gasteiger partial charge in [0.2, 0.25) is 5.28 Å². The van der Waals surface area contributed by atoms with Crippen LogP contribution in [0.25, 0.3) is 0 Å². The minimum atomic E-state index is 0.222. The van der Waals surface area contributed by atoms with Crippen molar-refractivity contribution in [2.75, 3.05) is 18.1 Å². The number of aromatic nitrogens is 2. The Kier molecular flexibility index (Phi) is 3.96. The molecule has 1 fully saturated rings. The van der Waals surface area contributed by atoms with Crippen molar-refractivity contribution < 1.29 is 5.11 Å². The Morgan fingerprint density at radius 3 is 3.12 bits per heavy atom. The molecule has 1 aliphatic heterocycles. The van der Waals surface area contributed by atoms with E-state index < -0.39 is 0 Å². The number of rotatable bonds is 3. The molecule has 1 aromatic heterocycles. The van der Waals surface area contributed by atoms with E-state index in [9.17, 15) is 0 Å². The fourth-order valence-electron chi connectivity index (χ4n) is 2.24. The van der Waals surface area contributed by atoms with Gasteiger partial charge in [-0.25, -0.2) is 9.97 Å². The average Bonchev–Trinajstić information content (AvgIpc) is 2.30. The van der Waals surface area contributed by atoms with Gasteiger partial charge in [-0.3, -0.25) is 0 Å². The molecule has 1 unspecified atom stereocenters. The lowest BCUT2D eigenvalue weighted by Gasteiger charge is -2.36. The highest BCUT2D eigenvalue weighted by atomic mass is 35.5. The van der Waals surface area contributed by atoms with E-state index in [2.05, 4.69) is 14.9 Å². The van der Waals surface area contributed by atoms with Gasteiger partial charge in [0, 0.05) is 25.4 Å². The van der Waals surface area contributed by atoms with Crippen molar-refractivity contribution in [3.8, 4) is 0 Å². The van der Waals surface area contributed by atoms with Crippen LogP contribution in [0, 0.1) is 0 Å². The predicted molar refractivity (Wildman–Crippen MR) is 63.7 cm³/mol. The molecule has 0 amide bonds. The lowest BCUT2D eigenvalue weighted by molar-refractivity contribution is 0.262. The van der Waals surface area contributed by atoms with Crippen molar-refractivity contribution >= 4 is 17.4 Å². The summed E-state index contributed by atoms with van der Waals surface area (Å²) in [5.74, 6) is 0.873. The average molecular weight is 242 g/mol. The molecule has 2 heterocycles. The number of anilines is 1. The third kappa shape index (κ3) is 2.62. The van der Waals surface area contributed by atoms with Crippen molar-refractivity contribution in [2.24, 2.45) is 0 Å². The molecule has 0 radical (unpaired) electrons. The van der Waals surface area contributed by atoms with E-state index >= 15 is 0 Å². The molecule has 1 aliphatic rings. The molecule has 0 spiro atoms. The standard InChI is InChI=1S/C11H16ClN3O/c12-11-13-6-4-10(14-11)15-7-2-1-3-9(15)5-8-16/h4,6,9,16H,1-3,5,7-8H2. The van der Waals surface area contributed by atoms with Gasteiger partial charge in [0.25, 0.3) is 0 Å². The van der Waals surface area contributed by atoms with E-state index in [0.717, 1.165) is 25.2 Å². The second kappa shape index (κ2) is 5.46. The lowest BCUT2D eigenvalue weighted by Crippen LogP contribution is -2.40. The van der Waals surface area contributed by atoms with Gasteiger partial charge in [-0.05, 0) is 43.4 Å². The van der Waals surface area contributed by atoms with E-state index in [0.29, 0.717) is 6.04 Å². The normalized spacial score (nSPS) is 21.1. The smallest absolute Gasteiger partial charge is 0.224 e. The predicted octanol–water partition coefficient (Wildman–Crippen LogP) is 1.87. The third-order valence-electron chi connectivity index (χ3n) is 3.00. The monoisotopic (exact) mass is 241 g/mol. The fraction of sp³-hybridized carbons (Fsp3) is 0.636. The number of piperidine rings is 1. The number of nitrogens with zero attached hydrogens (tertiary/aromatic N) is 3. The number of aliphatic hydroxyl groups is 1. The van der Waals surface area contributed by atoms with Gasteiger partial charge in [-0.1, -0.05) is 0 Å². The fourth-order valence-corrected chi connectivity index (χ4v) is 2.38.